The first kappa shape index (κ1) is 11.8. The lowest BCUT2D eigenvalue weighted by Gasteiger charge is -2.42. The van der Waals surface area contributed by atoms with Crippen molar-refractivity contribution in [2.45, 2.75) is 58.5 Å². The van der Waals surface area contributed by atoms with Crippen molar-refractivity contribution in [3.63, 3.8) is 0 Å². The molecule has 0 spiro atoms. The van der Waals surface area contributed by atoms with Gasteiger partial charge in [0.2, 0.25) is 0 Å². The molecule has 2 heteroatoms. The molecule has 2 heterocycles. The standard InChI is InChI=1S/C14H24N2/c1-13(2,3)16-10-11(9-14(16,4)5)12-7-6-8-15-12/h6,8,11H,7,9-10H2,1-5H3. The molecule has 0 bridgehead atoms. The van der Waals surface area contributed by atoms with Crippen molar-refractivity contribution in [1.82, 2.24) is 4.90 Å². The Kier molecular flexibility index (Phi) is 2.73. The van der Waals surface area contributed by atoms with E-state index in [-0.39, 0.29) is 5.54 Å². The van der Waals surface area contributed by atoms with Crippen molar-refractivity contribution in [3.05, 3.63) is 12.3 Å². The van der Waals surface area contributed by atoms with Gasteiger partial charge in [0.1, 0.15) is 0 Å². The molecule has 0 saturated carbocycles. The zero-order valence-corrected chi connectivity index (χ0v) is 11.2. The number of hydrogen-bond donors (Lipinski definition) is 0. The molecule has 1 unspecified atom stereocenters. The van der Waals surface area contributed by atoms with Gasteiger partial charge in [0.05, 0.1) is 0 Å². The second-order valence-electron chi connectivity index (χ2n) is 6.70. The van der Waals surface area contributed by atoms with Gasteiger partial charge in [-0.2, -0.15) is 0 Å². The first-order chi connectivity index (χ1) is 7.31. The summed E-state index contributed by atoms with van der Waals surface area (Å²) in [6.45, 7) is 12.8. The minimum absolute atomic E-state index is 0.255. The molecule has 1 fully saturated rings. The van der Waals surface area contributed by atoms with Crippen LogP contribution in [0.4, 0.5) is 0 Å². The average molecular weight is 220 g/mol. The molecular formula is C14H24N2. The summed E-state index contributed by atoms with van der Waals surface area (Å²) in [5, 5.41) is 0. The Balaban J connectivity index is 2.14. The fourth-order valence-corrected chi connectivity index (χ4v) is 3.30. The predicted molar refractivity (Wildman–Crippen MR) is 69.8 cm³/mol. The maximum absolute atomic E-state index is 4.51. The van der Waals surface area contributed by atoms with Crippen LogP contribution < -0.4 is 0 Å². The summed E-state index contributed by atoms with van der Waals surface area (Å²) in [5.41, 5.74) is 1.94. The summed E-state index contributed by atoms with van der Waals surface area (Å²) >= 11 is 0. The van der Waals surface area contributed by atoms with Gasteiger partial charge in [-0.3, -0.25) is 9.89 Å². The van der Waals surface area contributed by atoms with Crippen LogP contribution in [0.2, 0.25) is 0 Å². The van der Waals surface area contributed by atoms with Gasteiger partial charge in [0, 0.05) is 41.9 Å². The highest BCUT2D eigenvalue weighted by molar-refractivity contribution is 5.90. The van der Waals surface area contributed by atoms with Crippen LogP contribution in [0.15, 0.2) is 17.3 Å². The summed E-state index contributed by atoms with van der Waals surface area (Å²) in [4.78, 5) is 7.14. The third kappa shape index (κ3) is 2.08. The van der Waals surface area contributed by atoms with Crippen LogP contribution in [0.1, 0.15) is 47.5 Å². The molecule has 0 aromatic rings. The number of nitrogens with zero attached hydrogens (tertiary/aromatic N) is 2. The lowest BCUT2D eigenvalue weighted by Crippen LogP contribution is -2.50. The van der Waals surface area contributed by atoms with Crippen LogP contribution in [0, 0.1) is 5.92 Å². The first-order valence-corrected chi connectivity index (χ1v) is 6.30. The minimum atomic E-state index is 0.255. The molecule has 2 aliphatic heterocycles. The highest BCUT2D eigenvalue weighted by Crippen LogP contribution is 2.39. The molecule has 2 aliphatic rings. The van der Waals surface area contributed by atoms with Crippen molar-refractivity contribution < 1.29 is 0 Å². The molecule has 2 nitrogen and oxygen atoms in total. The third-order valence-electron chi connectivity index (χ3n) is 3.83. The van der Waals surface area contributed by atoms with Gasteiger partial charge in [-0.1, -0.05) is 6.08 Å². The molecule has 2 rings (SSSR count). The van der Waals surface area contributed by atoms with E-state index in [9.17, 15) is 0 Å². The Labute approximate surface area is 99.4 Å². The predicted octanol–water partition coefficient (Wildman–Crippen LogP) is 3.24. The summed E-state index contributed by atoms with van der Waals surface area (Å²) in [7, 11) is 0. The Morgan fingerprint density at radius 1 is 1.38 bits per heavy atom. The Hall–Kier alpha value is -0.630. The van der Waals surface area contributed by atoms with Crippen molar-refractivity contribution in [2.24, 2.45) is 10.9 Å². The Morgan fingerprint density at radius 3 is 2.50 bits per heavy atom. The van der Waals surface area contributed by atoms with Gasteiger partial charge >= 0.3 is 0 Å². The zero-order valence-electron chi connectivity index (χ0n) is 11.2. The van der Waals surface area contributed by atoms with E-state index in [4.69, 9.17) is 0 Å². The van der Waals surface area contributed by atoms with E-state index in [2.05, 4.69) is 50.6 Å². The Bertz CT molecular complexity index is 331. The zero-order chi connectivity index (χ0) is 12.0. The molecule has 0 N–H and O–H groups in total. The van der Waals surface area contributed by atoms with E-state index in [0.29, 0.717) is 11.5 Å². The molecule has 0 aromatic heterocycles. The van der Waals surface area contributed by atoms with Crippen LogP contribution >= 0.6 is 0 Å². The molecule has 16 heavy (non-hydrogen) atoms. The summed E-state index contributed by atoms with van der Waals surface area (Å²) in [6, 6.07) is 0. The topological polar surface area (TPSA) is 15.6 Å². The molecule has 1 atom stereocenters. The number of likely N-dealkylation sites (tertiary alicyclic amines) is 1. The summed E-state index contributed by atoms with van der Waals surface area (Å²) in [6.07, 6.45) is 6.44. The number of rotatable bonds is 1. The van der Waals surface area contributed by atoms with Crippen LogP contribution in [-0.4, -0.2) is 28.2 Å². The normalized spacial score (nSPS) is 29.8. The van der Waals surface area contributed by atoms with E-state index >= 15 is 0 Å². The van der Waals surface area contributed by atoms with E-state index in [1.807, 2.05) is 6.20 Å². The van der Waals surface area contributed by atoms with E-state index in [1.54, 1.807) is 0 Å². The lowest BCUT2D eigenvalue weighted by atomic mass is 9.91. The van der Waals surface area contributed by atoms with Gasteiger partial charge in [0.15, 0.2) is 0 Å². The first-order valence-electron chi connectivity index (χ1n) is 6.30. The van der Waals surface area contributed by atoms with Crippen LogP contribution in [-0.2, 0) is 0 Å². The third-order valence-corrected chi connectivity index (χ3v) is 3.83. The molecule has 0 aromatic carbocycles. The molecule has 1 saturated heterocycles. The average Bonchev–Trinajstić information content (AvgIpc) is 2.68. The maximum atomic E-state index is 4.51. The van der Waals surface area contributed by atoms with E-state index in [1.165, 1.54) is 12.1 Å². The largest absolute Gasteiger partial charge is 0.293 e. The molecule has 0 amide bonds. The van der Waals surface area contributed by atoms with Crippen molar-refractivity contribution >= 4 is 5.71 Å². The second-order valence-corrected chi connectivity index (χ2v) is 6.70. The van der Waals surface area contributed by atoms with E-state index in [0.717, 1.165) is 13.0 Å². The number of hydrogen-bond acceptors (Lipinski definition) is 2. The second kappa shape index (κ2) is 3.69. The monoisotopic (exact) mass is 220 g/mol. The van der Waals surface area contributed by atoms with Crippen molar-refractivity contribution in [2.75, 3.05) is 6.54 Å². The molecule has 90 valence electrons. The molecular weight excluding hydrogens is 196 g/mol. The smallest absolute Gasteiger partial charge is 0.0261 e. The molecule has 0 radical (unpaired) electrons. The SMILES string of the molecule is CC(C)(C)N1CC(C2=NC=CC2)CC1(C)C. The van der Waals surface area contributed by atoms with Crippen molar-refractivity contribution in [3.8, 4) is 0 Å². The van der Waals surface area contributed by atoms with Gasteiger partial charge in [-0.25, -0.2) is 0 Å². The highest BCUT2D eigenvalue weighted by Gasteiger charge is 2.44. The van der Waals surface area contributed by atoms with Crippen LogP contribution in [0.3, 0.4) is 0 Å². The van der Waals surface area contributed by atoms with Crippen LogP contribution in [0.5, 0.6) is 0 Å². The fraction of sp³-hybridized carbons (Fsp3) is 0.786. The van der Waals surface area contributed by atoms with Crippen molar-refractivity contribution in [1.29, 1.82) is 0 Å². The number of allylic oxidation sites excluding steroid dienone is 1. The fourth-order valence-electron chi connectivity index (χ4n) is 3.30. The van der Waals surface area contributed by atoms with Gasteiger partial charge in [-0.05, 0) is 41.0 Å². The summed E-state index contributed by atoms with van der Waals surface area (Å²) in [5.74, 6) is 0.657. The summed E-state index contributed by atoms with van der Waals surface area (Å²) < 4.78 is 0. The van der Waals surface area contributed by atoms with Gasteiger partial charge < -0.3 is 0 Å². The quantitative estimate of drug-likeness (QED) is 0.662. The maximum Gasteiger partial charge on any atom is 0.0261 e. The minimum Gasteiger partial charge on any atom is -0.293 e. The lowest BCUT2D eigenvalue weighted by molar-refractivity contribution is 0.0677. The number of aliphatic imine (C=N–C) groups is 1. The van der Waals surface area contributed by atoms with Crippen LogP contribution in [0.25, 0.3) is 0 Å². The highest BCUT2D eigenvalue weighted by atomic mass is 15.3. The van der Waals surface area contributed by atoms with E-state index < -0.39 is 0 Å². The van der Waals surface area contributed by atoms with Gasteiger partial charge in [-0.15, -0.1) is 0 Å². The molecule has 0 aliphatic carbocycles. The van der Waals surface area contributed by atoms with Gasteiger partial charge in [0.25, 0.3) is 0 Å². The Morgan fingerprint density at radius 2 is 2.06 bits per heavy atom.